The van der Waals surface area contributed by atoms with Crippen LogP contribution in [0.15, 0.2) is 52.2 Å². The van der Waals surface area contributed by atoms with Crippen molar-refractivity contribution in [3.63, 3.8) is 0 Å². The summed E-state index contributed by atoms with van der Waals surface area (Å²) in [6, 6.07) is 9.68. The van der Waals surface area contributed by atoms with Gasteiger partial charge >= 0.3 is 0 Å². The van der Waals surface area contributed by atoms with Gasteiger partial charge in [-0.25, -0.2) is 15.0 Å². The largest absolute Gasteiger partial charge is 0.492 e. The first-order valence-electron chi connectivity index (χ1n) is 9.20. The molecule has 2 aromatic rings. The van der Waals surface area contributed by atoms with Crippen LogP contribution in [0.4, 0.5) is 5.95 Å². The molecule has 0 bridgehead atoms. The van der Waals surface area contributed by atoms with Gasteiger partial charge in [0.2, 0.25) is 5.95 Å². The van der Waals surface area contributed by atoms with Crippen LogP contribution < -0.4 is 15.0 Å². The van der Waals surface area contributed by atoms with Crippen molar-refractivity contribution in [2.24, 2.45) is 4.99 Å². The number of ether oxygens (including phenoxy) is 1. The number of rotatable bonds is 6. The highest BCUT2D eigenvalue weighted by Gasteiger charge is 2.20. The summed E-state index contributed by atoms with van der Waals surface area (Å²) < 4.78 is 6.80. The van der Waals surface area contributed by atoms with E-state index in [1.807, 2.05) is 30.3 Å². The summed E-state index contributed by atoms with van der Waals surface area (Å²) in [4.78, 5) is 17.9. The van der Waals surface area contributed by atoms with Crippen LogP contribution in [0.1, 0.15) is 6.92 Å². The molecular weight excluding hydrogens is 535 g/mol. The molecule has 152 valence electrons. The molecule has 0 aliphatic carbocycles. The Labute approximate surface area is 191 Å². The van der Waals surface area contributed by atoms with Crippen LogP contribution >= 0.6 is 39.9 Å². The van der Waals surface area contributed by atoms with E-state index in [-0.39, 0.29) is 24.0 Å². The third-order valence-corrected chi connectivity index (χ3v) is 4.71. The van der Waals surface area contributed by atoms with E-state index in [0.29, 0.717) is 13.2 Å². The van der Waals surface area contributed by atoms with Crippen LogP contribution in [0.5, 0.6) is 5.75 Å². The molecule has 1 fully saturated rings. The van der Waals surface area contributed by atoms with Gasteiger partial charge in [0, 0.05) is 49.6 Å². The lowest BCUT2D eigenvalue weighted by atomic mass is 10.3. The molecule has 0 spiro atoms. The molecule has 1 aromatic heterocycles. The maximum atomic E-state index is 5.75. The van der Waals surface area contributed by atoms with Crippen LogP contribution in [-0.2, 0) is 0 Å². The average molecular weight is 561 g/mol. The topological polar surface area (TPSA) is 65.9 Å². The Morgan fingerprint density at radius 3 is 2.46 bits per heavy atom. The van der Waals surface area contributed by atoms with Crippen molar-refractivity contribution in [3.8, 4) is 5.75 Å². The lowest BCUT2D eigenvalue weighted by molar-refractivity contribution is 0.325. The Kier molecular flexibility index (Phi) is 9.76. The van der Waals surface area contributed by atoms with E-state index >= 15 is 0 Å². The summed E-state index contributed by atoms with van der Waals surface area (Å²) in [5.74, 6) is 2.59. The first-order chi connectivity index (χ1) is 13.3. The molecule has 28 heavy (non-hydrogen) atoms. The van der Waals surface area contributed by atoms with Gasteiger partial charge in [0.1, 0.15) is 12.4 Å². The number of halogens is 2. The molecular formula is C19H26BrIN6O. The zero-order valence-corrected chi connectivity index (χ0v) is 19.8. The van der Waals surface area contributed by atoms with E-state index in [9.17, 15) is 0 Å². The van der Waals surface area contributed by atoms with E-state index < -0.39 is 0 Å². The van der Waals surface area contributed by atoms with Crippen LogP contribution in [0, 0.1) is 0 Å². The molecule has 1 aliphatic rings. The van der Waals surface area contributed by atoms with Crippen molar-refractivity contribution >= 4 is 51.8 Å². The molecule has 1 N–H and O–H groups in total. The second-order valence-corrected chi connectivity index (χ2v) is 6.98. The van der Waals surface area contributed by atoms with Gasteiger partial charge in [0.05, 0.1) is 6.54 Å². The zero-order chi connectivity index (χ0) is 18.9. The Balaban J connectivity index is 0.00000280. The van der Waals surface area contributed by atoms with Gasteiger partial charge < -0.3 is 19.9 Å². The number of nitrogens with zero attached hydrogens (tertiary/aromatic N) is 5. The molecule has 0 unspecified atom stereocenters. The fourth-order valence-corrected chi connectivity index (χ4v) is 3.11. The number of hydrogen-bond donors (Lipinski definition) is 1. The minimum atomic E-state index is 0. The quantitative estimate of drug-likeness (QED) is 0.254. The van der Waals surface area contributed by atoms with Gasteiger partial charge in [-0.05, 0) is 37.3 Å². The number of aliphatic imine (C=N–C) groups is 1. The predicted octanol–water partition coefficient (Wildman–Crippen LogP) is 3.02. The predicted molar refractivity (Wildman–Crippen MR) is 127 cm³/mol. The van der Waals surface area contributed by atoms with Crippen LogP contribution in [-0.4, -0.2) is 66.7 Å². The van der Waals surface area contributed by atoms with Gasteiger partial charge in [0.15, 0.2) is 5.96 Å². The summed E-state index contributed by atoms with van der Waals surface area (Å²) >= 11 is 3.42. The molecule has 1 saturated heterocycles. The van der Waals surface area contributed by atoms with Crippen LogP contribution in [0.2, 0.25) is 0 Å². The number of anilines is 1. The molecule has 0 amide bonds. The molecule has 0 saturated carbocycles. The van der Waals surface area contributed by atoms with Crippen molar-refractivity contribution in [2.45, 2.75) is 6.92 Å². The number of benzene rings is 1. The minimum absolute atomic E-state index is 0. The number of hydrogen-bond acceptors (Lipinski definition) is 5. The fourth-order valence-electron chi connectivity index (χ4n) is 2.84. The fraction of sp³-hybridized carbons (Fsp3) is 0.421. The van der Waals surface area contributed by atoms with Gasteiger partial charge in [-0.1, -0.05) is 15.9 Å². The SMILES string of the molecule is CCNC(=NCCOc1ccc(Br)cc1)N1CCN(c2ncccn2)CC1.I. The summed E-state index contributed by atoms with van der Waals surface area (Å²) in [5, 5.41) is 3.38. The summed E-state index contributed by atoms with van der Waals surface area (Å²) in [6.45, 7) is 7.62. The summed E-state index contributed by atoms with van der Waals surface area (Å²) in [5.41, 5.74) is 0. The Morgan fingerprint density at radius 2 is 1.82 bits per heavy atom. The van der Waals surface area contributed by atoms with Crippen LogP contribution in [0.25, 0.3) is 0 Å². The lowest BCUT2D eigenvalue weighted by Gasteiger charge is -2.36. The maximum Gasteiger partial charge on any atom is 0.225 e. The highest BCUT2D eigenvalue weighted by Crippen LogP contribution is 2.16. The number of aromatic nitrogens is 2. The lowest BCUT2D eigenvalue weighted by Crippen LogP contribution is -2.53. The van der Waals surface area contributed by atoms with E-state index in [0.717, 1.165) is 54.9 Å². The highest BCUT2D eigenvalue weighted by atomic mass is 127. The van der Waals surface area contributed by atoms with Crippen molar-refractivity contribution < 1.29 is 4.74 Å². The Hall–Kier alpha value is -1.62. The van der Waals surface area contributed by atoms with E-state index in [1.165, 1.54) is 0 Å². The molecule has 1 aromatic carbocycles. The maximum absolute atomic E-state index is 5.75. The van der Waals surface area contributed by atoms with Crippen molar-refractivity contribution in [3.05, 3.63) is 47.2 Å². The molecule has 1 aliphatic heterocycles. The van der Waals surface area contributed by atoms with Crippen LogP contribution in [0.3, 0.4) is 0 Å². The van der Waals surface area contributed by atoms with Gasteiger partial charge in [-0.2, -0.15) is 0 Å². The van der Waals surface area contributed by atoms with Crippen molar-refractivity contribution in [1.29, 1.82) is 0 Å². The van der Waals surface area contributed by atoms with Gasteiger partial charge in [0.25, 0.3) is 0 Å². The number of guanidine groups is 1. The normalized spacial score (nSPS) is 14.4. The van der Waals surface area contributed by atoms with E-state index in [2.05, 4.69) is 47.9 Å². The second kappa shape index (κ2) is 12.1. The average Bonchev–Trinajstić information content (AvgIpc) is 2.72. The first kappa shape index (κ1) is 22.7. The molecule has 2 heterocycles. The minimum Gasteiger partial charge on any atom is -0.492 e. The Morgan fingerprint density at radius 1 is 1.14 bits per heavy atom. The first-order valence-corrected chi connectivity index (χ1v) is 9.99. The zero-order valence-electron chi connectivity index (χ0n) is 15.9. The molecule has 0 radical (unpaired) electrons. The standard InChI is InChI=1S/C19H25BrN6O.HI/c1-2-21-18(24-10-15-27-17-6-4-16(20)5-7-17)25-11-13-26(14-12-25)19-22-8-3-9-23-19;/h3-9H,2,10-15H2,1H3,(H,21,24);1H. The highest BCUT2D eigenvalue weighted by molar-refractivity contribution is 14.0. The molecule has 0 atom stereocenters. The Bertz CT molecular complexity index is 723. The monoisotopic (exact) mass is 560 g/mol. The summed E-state index contributed by atoms with van der Waals surface area (Å²) in [7, 11) is 0. The van der Waals surface area contributed by atoms with Gasteiger partial charge in [-0.15, -0.1) is 24.0 Å². The summed E-state index contributed by atoms with van der Waals surface area (Å²) in [6.07, 6.45) is 3.57. The molecule has 9 heteroatoms. The molecule has 7 nitrogen and oxygen atoms in total. The third kappa shape index (κ3) is 6.77. The smallest absolute Gasteiger partial charge is 0.225 e. The van der Waals surface area contributed by atoms with Crippen molar-refractivity contribution in [2.75, 3.05) is 50.8 Å². The number of piperazine rings is 1. The van der Waals surface area contributed by atoms with E-state index in [1.54, 1.807) is 12.4 Å². The van der Waals surface area contributed by atoms with Gasteiger partial charge in [-0.3, -0.25) is 0 Å². The van der Waals surface area contributed by atoms with Crippen molar-refractivity contribution in [1.82, 2.24) is 20.2 Å². The number of nitrogens with one attached hydrogen (secondary N) is 1. The third-order valence-electron chi connectivity index (χ3n) is 4.18. The molecule has 3 rings (SSSR count). The van der Waals surface area contributed by atoms with E-state index in [4.69, 9.17) is 9.73 Å². The second-order valence-electron chi connectivity index (χ2n) is 6.06.